The van der Waals surface area contributed by atoms with E-state index in [1.54, 1.807) is 0 Å². The molecular formula is C20H20N2O5. The van der Waals surface area contributed by atoms with Crippen molar-refractivity contribution >= 4 is 28.9 Å². The van der Waals surface area contributed by atoms with Crippen LogP contribution in [0.15, 0.2) is 24.3 Å². The maximum absolute atomic E-state index is 12.9. The van der Waals surface area contributed by atoms with Crippen molar-refractivity contribution in [3.8, 4) is 0 Å². The molecule has 1 aliphatic carbocycles. The van der Waals surface area contributed by atoms with Crippen LogP contribution in [0.1, 0.15) is 35.0 Å². The Kier molecular flexibility index (Phi) is 4.51. The number of aromatic nitrogens is 1. The second kappa shape index (κ2) is 6.98. The van der Waals surface area contributed by atoms with Crippen molar-refractivity contribution < 1.29 is 23.9 Å². The van der Waals surface area contributed by atoms with Gasteiger partial charge < -0.3 is 9.47 Å². The van der Waals surface area contributed by atoms with E-state index in [-0.39, 0.29) is 13.2 Å². The maximum Gasteiger partial charge on any atom is 0.416 e. The molecule has 1 saturated heterocycles. The smallest absolute Gasteiger partial charge is 0.416 e. The molecule has 0 saturated carbocycles. The number of cyclic esters (lactones) is 1. The molecule has 4 rings (SSSR count). The summed E-state index contributed by atoms with van der Waals surface area (Å²) in [7, 11) is 0. The molecule has 1 aromatic carbocycles. The SMILES string of the molecule is C[C@@H]1CCc2nc3ccccc3c(C(=O)OCC(=O)N3CCOC3=O)c2C1. The molecule has 7 heteroatoms. The summed E-state index contributed by atoms with van der Waals surface area (Å²) >= 11 is 0. The Morgan fingerprint density at radius 1 is 1.33 bits per heavy atom. The van der Waals surface area contributed by atoms with Gasteiger partial charge in [0.05, 0.1) is 17.6 Å². The lowest BCUT2D eigenvalue weighted by molar-refractivity contribution is -0.131. The molecule has 1 atom stereocenters. The number of esters is 1. The first-order chi connectivity index (χ1) is 13.0. The van der Waals surface area contributed by atoms with Gasteiger partial charge >= 0.3 is 12.1 Å². The van der Waals surface area contributed by atoms with Gasteiger partial charge in [-0.25, -0.2) is 14.5 Å². The Morgan fingerprint density at radius 3 is 2.93 bits per heavy atom. The third-order valence-corrected chi connectivity index (χ3v) is 5.10. The number of hydrogen-bond donors (Lipinski definition) is 0. The Morgan fingerprint density at radius 2 is 2.15 bits per heavy atom. The molecule has 0 unspecified atom stereocenters. The van der Waals surface area contributed by atoms with Crippen LogP contribution in [0.2, 0.25) is 0 Å². The van der Waals surface area contributed by atoms with Crippen molar-refractivity contribution in [2.75, 3.05) is 19.8 Å². The van der Waals surface area contributed by atoms with Gasteiger partial charge in [-0.1, -0.05) is 25.1 Å². The number of carbonyl (C=O) groups is 3. The maximum atomic E-state index is 12.9. The lowest BCUT2D eigenvalue weighted by atomic mass is 9.84. The van der Waals surface area contributed by atoms with Crippen molar-refractivity contribution in [1.29, 1.82) is 0 Å². The first-order valence-corrected chi connectivity index (χ1v) is 9.09. The van der Waals surface area contributed by atoms with E-state index < -0.39 is 24.6 Å². The van der Waals surface area contributed by atoms with Crippen molar-refractivity contribution in [2.45, 2.75) is 26.2 Å². The van der Waals surface area contributed by atoms with E-state index in [4.69, 9.17) is 14.5 Å². The first-order valence-electron chi connectivity index (χ1n) is 9.09. The van der Waals surface area contributed by atoms with E-state index in [0.717, 1.165) is 46.3 Å². The van der Waals surface area contributed by atoms with E-state index in [1.807, 2.05) is 24.3 Å². The van der Waals surface area contributed by atoms with Crippen LogP contribution in [-0.4, -0.2) is 47.6 Å². The van der Waals surface area contributed by atoms with Gasteiger partial charge in [-0.2, -0.15) is 0 Å². The quantitative estimate of drug-likeness (QED) is 0.774. The number of carbonyl (C=O) groups excluding carboxylic acids is 3. The van der Waals surface area contributed by atoms with E-state index >= 15 is 0 Å². The van der Waals surface area contributed by atoms with Crippen molar-refractivity contribution in [2.24, 2.45) is 5.92 Å². The van der Waals surface area contributed by atoms with Crippen LogP contribution in [0.3, 0.4) is 0 Å². The Hall–Kier alpha value is -2.96. The minimum atomic E-state index is -0.698. The normalized spacial score (nSPS) is 18.9. The predicted molar refractivity (Wildman–Crippen MR) is 96.3 cm³/mol. The molecule has 2 aromatic rings. The summed E-state index contributed by atoms with van der Waals surface area (Å²) in [6.07, 6.45) is 1.91. The number of rotatable bonds is 3. The average molecular weight is 368 g/mol. The van der Waals surface area contributed by atoms with Gasteiger partial charge in [0, 0.05) is 11.1 Å². The number of ether oxygens (including phenoxy) is 2. The number of amides is 2. The zero-order chi connectivity index (χ0) is 19.0. The fraction of sp³-hybridized carbons (Fsp3) is 0.400. The Bertz CT molecular complexity index is 939. The largest absolute Gasteiger partial charge is 0.452 e. The molecular weight excluding hydrogens is 348 g/mol. The van der Waals surface area contributed by atoms with Crippen LogP contribution >= 0.6 is 0 Å². The number of aryl methyl sites for hydroxylation is 1. The van der Waals surface area contributed by atoms with Gasteiger partial charge in [0.15, 0.2) is 6.61 Å². The summed E-state index contributed by atoms with van der Waals surface area (Å²) in [5.41, 5.74) is 3.06. The fourth-order valence-electron chi connectivity index (χ4n) is 3.69. The minimum Gasteiger partial charge on any atom is -0.452 e. The van der Waals surface area contributed by atoms with Gasteiger partial charge in [0.2, 0.25) is 0 Å². The molecule has 1 aliphatic heterocycles. The molecule has 0 spiro atoms. The van der Waals surface area contributed by atoms with Crippen molar-refractivity contribution in [1.82, 2.24) is 9.88 Å². The lowest BCUT2D eigenvalue weighted by Gasteiger charge is -2.24. The van der Waals surface area contributed by atoms with Crippen LogP contribution in [0.5, 0.6) is 0 Å². The number of benzene rings is 1. The number of pyridine rings is 1. The first kappa shape index (κ1) is 17.5. The predicted octanol–water partition coefficient (Wildman–Crippen LogP) is 2.50. The number of hydrogen-bond acceptors (Lipinski definition) is 6. The summed E-state index contributed by atoms with van der Waals surface area (Å²) in [5, 5.41) is 0.725. The highest BCUT2D eigenvalue weighted by molar-refractivity contribution is 6.06. The number of fused-ring (bicyclic) bond motifs is 2. The third-order valence-electron chi connectivity index (χ3n) is 5.10. The minimum absolute atomic E-state index is 0.166. The average Bonchev–Trinajstić information content (AvgIpc) is 3.10. The molecule has 7 nitrogen and oxygen atoms in total. The standard InChI is InChI=1S/C20H20N2O5/c1-12-6-7-16-14(10-12)18(13-4-2-3-5-15(13)21-16)19(24)27-11-17(23)22-8-9-26-20(22)25/h2-5,12H,6-11H2,1H3/t12-/m1/s1. The van der Waals surface area contributed by atoms with Crippen LogP contribution in [0.4, 0.5) is 4.79 Å². The zero-order valence-electron chi connectivity index (χ0n) is 15.1. The highest BCUT2D eigenvalue weighted by Gasteiger charge is 2.30. The highest BCUT2D eigenvalue weighted by Crippen LogP contribution is 2.32. The molecule has 0 bridgehead atoms. The second-order valence-corrected chi connectivity index (χ2v) is 7.01. The molecule has 2 amide bonds. The van der Waals surface area contributed by atoms with E-state index in [2.05, 4.69) is 6.92 Å². The van der Waals surface area contributed by atoms with E-state index in [0.29, 0.717) is 11.5 Å². The van der Waals surface area contributed by atoms with Crippen LogP contribution in [-0.2, 0) is 27.1 Å². The number of para-hydroxylation sites is 1. The van der Waals surface area contributed by atoms with Crippen molar-refractivity contribution in [3.63, 3.8) is 0 Å². The van der Waals surface area contributed by atoms with Gasteiger partial charge in [-0.05, 0) is 36.8 Å². The van der Waals surface area contributed by atoms with Crippen LogP contribution in [0, 0.1) is 5.92 Å². The molecule has 140 valence electrons. The second-order valence-electron chi connectivity index (χ2n) is 7.01. The summed E-state index contributed by atoms with van der Waals surface area (Å²) in [4.78, 5) is 42.2. The van der Waals surface area contributed by atoms with Gasteiger partial charge in [-0.3, -0.25) is 9.78 Å². The van der Waals surface area contributed by atoms with Crippen LogP contribution in [0.25, 0.3) is 10.9 Å². The molecule has 2 heterocycles. The summed E-state index contributed by atoms with van der Waals surface area (Å²) in [6.45, 7) is 2.00. The Labute approximate surface area is 156 Å². The number of imide groups is 1. The third kappa shape index (κ3) is 3.25. The fourth-order valence-corrected chi connectivity index (χ4v) is 3.69. The van der Waals surface area contributed by atoms with Gasteiger partial charge in [0.1, 0.15) is 6.61 Å². The van der Waals surface area contributed by atoms with Crippen molar-refractivity contribution in [3.05, 3.63) is 41.1 Å². The Balaban J connectivity index is 1.63. The molecule has 27 heavy (non-hydrogen) atoms. The topological polar surface area (TPSA) is 85.8 Å². The monoisotopic (exact) mass is 368 g/mol. The van der Waals surface area contributed by atoms with Gasteiger partial charge in [-0.15, -0.1) is 0 Å². The zero-order valence-corrected chi connectivity index (χ0v) is 15.1. The van der Waals surface area contributed by atoms with E-state index in [1.165, 1.54) is 0 Å². The number of nitrogens with zero attached hydrogens (tertiary/aromatic N) is 2. The van der Waals surface area contributed by atoms with Crippen LogP contribution < -0.4 is 0 Å². The summed E-state index contributed by atoms with van der Waals surface area (Å²) < 4.78 is 10.0. The molecule has 0 radical (unpaired) electrons. The molecule has 1 fully saturated rings. The highest BCUT2D eigenvalue weighted by atomic mass is 16.6. The molecule has 1 aromatic heterocycles. The summed E-state index contributed by atoms with van der Waals surface area (Å²) in [5.74, 6) is -0.681. The lowest BCUT2D eigenvalue weighted by Crippen LogP contribution is -2.35. The molecule has 0 N–H and O–H groups in total. The van der Waals surface area contributed by atoms with E-state index in [9.17, 15) is 14.4 Å². The molecule has 2 aliphatic rings. The summed E-state index contributed by atoms with van der Waals surface area (Å²) in [6, 6.07) is 7.45. The van der Waals surface area contributed by atoms with Gasteiger partial charge in [0.25, 0.3) is 5.91 Å².